The summed E-state index contributed by atoms with van der Waals surface area (Å²) in [6, 6.07) is -0.302. The molecule has 30 heavy (non-hydrogen) atoms. The summed E-state index contributed by atoms with van der Waals surface area (Å²) in [5, 5.41) is 18.1. The maximum Gasteiger partial charge on any atom is 0.334 e. The SMILES string of the molecule is CCCCn1c(O)c(C(=N)N)c(=O)n(C2CCC3(CC2)CC(C(=O)OCC)C3)c1=O. The fourth-order valence-corrected chi connectivity index (χ4v) is 5.03. The van der Waals surface area contributed by atoms with Gasteiger partial charge < -0.3 is 15.6 Å². The number of hydrogen-bond donors (Lipinski definition) is 3. The van der Waals surface area contributed by atoms with E-state index in [1.54, 1.807) is 6.92 Å². The minimum absolute atomic E-state index is 0.0477. The van der Waals surface area contributed by atoms with Gasteiger partial charge in [0.05, 0.1) is 12.5 Å². The Morgan fingerprint density at radius 2 is 1.90 bits per heavy atom. The van der Waals surface area contributed by atoms with Gasteiger partial charge in [-0.15, -0.1) is 0 Å². The average molecular weight is 421 g/mol. The molecular weight excluding hydrogens is 388 g/mol. The number of nitrogens with zero attached hydrogens (tertiary/aromatic N) is 2. The van der Waals surface area contributed by atoms with Crippen LogP contribution in [0, 0.1) is 16.7 Å². The fraction of sp³-hybridized carbons (Fsp3) is 0.714. The number of carbonyl (C=O) groups is 1. The molecule has 3 rings (SSSR count). The van der Waals surface area contributed by atoms with Crippen LogP contribution in [0.15, 0.2) is 9.59 Å². The van der Waals surface area contributed by atoms with Crippen LogP contribution < -0.4 is 17.0 Å². The molecular formula is C21H32N4O5. The molecule has 1 aromatic heterocycles. The number of unbranched alkanes of at least 4 members (excludes halogenated alkanes) is 1. The van der Waals surface area contributed by atoms with E-state index in [0.717, 1.165) is 36.7 Å². The van der Waals surface area contributed by atoms with Crippen molar-refractivity contribution in [2.24, 2.45) is 17.1 Å². The van der Waals surface area contributed by atoms with Crippen molar-refractivity contribution in [3.8, 4) is 5.88 Å². The topological polar surface area (TPSA) is 140 Å². The van der Waals surface area contributed by atoms with Crippen molar-refractivity contribution in [3.05, 3.63) is 26.4 Å². The Morgan fingerprint density at radius 1 is 1.27 bits per heavy atom. The molecule has 0 atom stereocenters. The lowest BCUT2D eigenvalue weighted by atomic mass is 9.55. The molecule has 0 bridgehead atoms. The van der Waals surface area contributed by atoms with Gasteiger partial charge in [0.25, 0.3) is 5.56 Å². The second-order valence-electron chi connectivity index (χ2n) is 8.66. The normalized spacial score (nSPS) is 25.7. The van der Waals surface area contributed by atoms with E-state index in [4.69, 9.17) is 15.9 Å². The van der Waals surface area contributed by atoms with Crippen molar-refractivity contribution in [2.75, 3.05) is 6.61 Å². The van der Waals surface area contributed by atoms with Crippen molar-refractivity contribution in [3.63, 3.8) is 0 Å². The van der Waals surface area contributed by atoms with Gasteiger partial charge in [-0.25, -0.2) is 4.79 Å². The van der Waals surface area contributed by atoms with E-state index in [1.807, 2.05) is 6.92 Å². The van der Waals surface area contributed by atoms with Crippen LogP contribution in [0.1, 0.15) is 76.8 Å². The van der Waals surface area contributed by atoms with Gasteiger partial charge in [0.15, 0.2) is 0 Å². The molecule has 0 saturated heterocycles. The van der Waals surface area contributed by atoms with Gasteiger partial charge in [0, 0.05) is 12.6 Å². The van der Waals surface area contributed by atoms with Gasteiger partial charge in [0.2, 0.25) is 5.88 Å². The molecule has 2 saturated carbocycles. The number of aromatic hydroxyl groups is 1. The molecule has 0 amide bonds. The number of hydrogen-bond acceptors (Lipinski definition) is 6. The van der Waals surface area contributed by atoms with Crippen molar-refractivity contribution in [1.82, 2.24) is 9.13 Å². The highest BCUT2D eigenvalue weighted by Crippen LogP contribution is 2.56. The number of nitrogens with one attached hydrogen (secondary N) is 1. The maximum absolute atomic E-state index is 13.0. The van der Waals surface area contributed by atoms with Crippen molar-refractivity contribution < 1.29 is 14.6 Å². The van der Waals surface area contributed by atoms with E-state index in [-0.39, 0.29) is 35.5 Å². The van der Waals surface area contributed by atoms with Crippen LogP contribution in [0.25, 0.3) is 0 Å². The van der Waals surface area contributed by atoms with Gasteiger partial charge in [-0.1, -0.05) is 13.3 Å². The first-order valence-corrected chi connectivity index (χ1v) is 10.8. The monoisotopic (exact) mass is 420 g/mol. The first-order valence-electron chi connectivity index (χ1n) is 10.8. The number of esters is 1. The van der Waals surface area contributed by atoms with Crippen LogP contribution in [-0.2, 0) is 16.1 Å². The van der Waals surface area contributed by atoms with Crippen molar-refractivity contribution in [2.45, 2.75) is 77.8 Å². The minimum atomic E-state index is -0.697. The number of carbonyl (C=O) groups excluding carboxylic acids is 1. The second-order valence-corrected chi connectivity index (χ2v) is 8.66. The van der Waals surface area contributed by atoms with Gasteiger partial charge in [0.1, 0.15) is 11.4 Å². The highest BCUT2D eigenvalue weighted by Gasteiger charge is 2.49. The Labute approximate surface area is 175 Å². The van der Waals surface area contributed by atoms with Crippen molar-refractivity contribution in [1.29, 1.82) is 5.41 Å². The number of rotatable bonds is 7. The third-order valence-electron chi connectivity index (χ3n) is 6.71. The summed E-state index contributed by atoms with van der Waals surface area (Å²) in [5.74, 6) is -1.25. The van der Waals surface area contributed by atoms with E-state index in [1.165, 1.54) is 4.57 Å². The summed E-state index contributed by atoms with van der Waals surface area (Å²) in [4.78, 5) is 37.9. The summed E-state index contributed by atoms with van der Waals surface area (Å²) in [6.07, 6.45) is 5.99. The quantitative estimate of drug-likeness (QED) is 0.349. The second kappa shape index (κ2) is 8.65. The summed E-state index contributed by atoms with van der Waals surface area (Å²) >= 11 is 0. The molecule has 9 heteroatoms. The molecule has 2 aliphatic rings. The molecule has 0 aliphatic heterocycles. The van der Waals surface area contributed by atoms with Crippen LogP contribution in [0.2, 0.25) is 0 Å². The Hall–Kier alpha value is -2.58. The van der Waals surface area contributed by atoms with E-state index < -0.39 is 23.0 Å². The Kier molecular flexibility index (Phi) is 6.38. The lowest BCUT2D eigenvalue weighted by Crippen LogP contribution is -2.49. The molecule has 9 nitrogen and oxygen atoms in total. The Balaban J connectivity index is 1.83. The van der Waals surface area contributed by atoms with Gasteiger partial charge in [-0.05, 0) is 57.3 Å². The fourth-order valence-electron chi connectivity index (χ4n) is 5.03. The largest absolute Gasteiger partial charge is 0.494 e. The van der Waals surface area contributed by atoms with E-state index >= 15 is 0 Å². The first kappa shape index (κ1) is 22.1. The Morgan fingerprint density at radius 3 is 2.43 bits per heavy atom. The van der Waals surface area contributed by atoms with E-state index in [0.29, 0.717) is 25.9 Å². The van der Waals surface area contributed by atoms with Crippen LogP contribution >= 0.6 is 0 Å². The number of aromatic nitrogens is 2. The molecule has 166 valence electrons. The lowest BCUT2D eigenvalue weighted by molar-refractivity contribution is -0.158. The zero-order chi connectivity index (χ0) is 22.1. The number of nitrogens with two attached hydrogens (primary N) is 1. The third kappa shape index (κ3) is 3.89. The molecule has 0 aromatic carbocycles. The zero-order valence-corrected chi connectivity index (χ0v) is 17.8. The molecule has 2 fully saturated rings. The first-order chi connectivity index (χ1) is 14.2. The standard InChI is InChI=1S/C21H32N4O5/c1-3-5-10-24-17(26)15(16(22)23)18(27)25(20(24)29)14-6-8-21(9-7-14)11-13(12-21)19(28)30-4-2/h13-14,26H,3-12H2,1-2H3,(H3,22,23). The van der Waals surface area contributed by atoms with E-state index in [9.17, 15) is 19.5 Å². The summed E-state index contributed by atoms with van der Waals surface area (Å²) in [5.41, 5.74) is 4.08. The van der Waals surface area contributed by atoms with Gasteiger partial charge >= 0.3 is 11.7 Å². The maximum atomic E-state index is 13.0. The third-order valence-corrected chi connectivity index (χ3v) is 6.71. The number of nitrogen functional groups attached to an aromatic ring is 1. The lowest BCUT2D eigenvalue weighted by Gasteiger charge is -2.50. The molecule has 0 radical (unpaired) electrons. The molecule has 0 unspecified atom stereocenters. The predicted molar refractivity (Wildman–Crippen MR) is 112 cm³/mol. The molecule has 1 aromatic rings. The highest BCUT2D eigenvalue weighted by atomic mass is 16.5. The van der Waals surface area contributed by atoms with Crippen LogP contribution in [-0.4, -0.2) is 32.7 Å². The summed E-state index contributed by atoms with van der Waals surface area (Å²) in [7, 11) is 0. The Bertz CT molecular complexity index is 932. The number of ether oxygens (including phenoxy) is 1. The minimum Gasteiger partial charge on any atom is -0.494 e. The predicted octanol–water partition coefficient (Wildman–Crippen LogP) is 1.87. The van der Waals surface area contributed by atoms with Gasteiger partial charge in [-0.2, -0.15) is 0 Å². The zero-order valence-electron chi connectivity index (χ0n) is 17.8. The van der Waals surface area contributed by atoms with Crippen LogP contribution in [0.5, 0.6) is 5.88 Å². The smallest absolute Gasteiger partial charge is 0.334 e. The average Bonchev–Trinajstić information content (AvgIpc) is 2.66. The molecule has 1 heterocycles. The molecule has 2 aliphatic carbocycles. The summed E-state index contributed by atoms with van der Waals surface area (Å²) < 4.78 is 7.45. The highest BCUT2D eigenvalue weighted by molar-refractivity contribution is 5.96. The summed E-state index contributed by atoms with van der Waals surface area (Å²) in [6.45, 7) is 4.42. The number of amidine groups is 1. The van der Waals surface area contributed by atoms with Crippen molar-refractivity contribution >= 4 is 11.8 Å². The molecule has 4 N–H and O–H groups in total. The van der Waals surface area contributed by atoms with Crippen LogP contribution in [0.3, 0.4) is 0 Å². The molecule has 1 spiro atoms. The van der Waals surface area contributed by atoms with Crippen LogP contribution in [0.4, 0.5) is 0 Å². The van der Waals surface area contributed by atoms with Gasteiger partial charge in [-0.3, -0.25) is 24.1 Å². The van der Waals surface area contributed by atoms with E-state index in [2.05, 4.69) is 0 Å².